The first-order valence-corrected chi connectivity index (χ1v) is 18.1. The predicted molar refractivity (Wildman–Crippen MR) is 200 cm³/mol. The molecule has 3 aromatic rings. The van der Waals surface area contributed by atoms with E-state index >= 15 is 0 Å². The van der Waals surface area contributed by atoms with Crippen LogP contribution in [0.4, 0.5) is 11.4 Å². The zero-order valence-electron chi connectivity index (χ0n) is 30.6. The van der Waals surface area contributed by atoms with Crippen LogP contribution in [0.3, 0.4) is 0 Å². The van der Waals surface area contributed by atoms with E-state index in [1.165, 1.54) is 19.8 Å². The van der Waals surface area contributed by atoms with Gasteiger partial charge in [0.05, 0.1) is 46.7 Å². The molecule has 4 N–H and O–H groups in total. The monoisotopic (exact) mass is 675 g/mol. The molecule has 4 rings (SSSR count). The van der Waals surface area contributed by atoms with Gasteiger partial charge in [-0.1, -0.05) is 90.4 Å². The number of hydrogen-bond acceptors (Lipinski definition) is 9. The Hall–Kier alpha value is -3.92. The first kappa shape index (κ1) is 37.9. The zero-order valence-corrected chi connectivity index (χ0v) is 30.6. The van der Waals surface area contributed by atoms with Gasteiger partial charge < -0.3 is 30.4 Å². The molecule has 2 aromatic carbocycles. The van der Waals surface area contributed by atoms with Crippen molar-refractivity contribution in [1.82, 2.24) is 4.57 Å². The van der Waals surface area contributed by atoms with Gasteiger partial charge in [-0.25, -0.2) is 9.59 Å². The highest BCUT2D eigenvalue weighted by atomic mass is 16.7. The van der Waals surface area contributed by atoms with Crippen LogP contribution in [-0.2, 0) is 30.5 Å². The normalized spacial score (nSPS) is 14.9. The van der Waals surface area contributed by atoms with Crippen molar-refractivity contribution in [3.8, 4) is 0 Å². The topological polar surface area (TPSA) is 144 Å². The number of nitrogens with zero attached hydrogens (tertiary/aromatic N) is 3. The number of oxime groups is 2. The van der Waals surface area contributed by atoms with E-state index < -0.39 is 11.9 Å². The van der Waals surface area contributed by atoms with Gasteiger partial charge >= 0.3 is 11.9 Å². The Bertz CT molecular complexity index is 1660. The van der Waals surface area contributed by atoms with Crippen LogP contribution in [0.1, 0.15) is 124 Å². The minimum Gasteiger partial charge on any atom is -0.397 e. The van der Waals surface area contributed by atoms with Crippen molar-refractivity contribution in [3.05, 3.63) is 35.4 Å². The van der Waals surface area contributed by atoms with Gasteiger partial charge in [0.2, 0.25) is 0 Å². The number of carbonyl (C=O) groups excluding carboxylic acids is 2. The van der Waals surface area contributed by atoms with Gasteiger partial charge in [-0.3, -0.25) is 0 Å². The van der Waals surface area contributed by atoms with E-state index in [1.54, 1.807) is 13.8 Å². The largest absolute Gasteiger partial charge is 0.397 e. The maximum atomic E-state index is 12.4. The summed E-state index contributed by atoms with van der Waals surface area (Å²) >= 11 is 0. The number of hydrogen-bond donors (Lipinski definition) is 2. The predicted octanol–water partition coefficient (Wildman–Crippen LogP) is 8.74. The Kier molecular flexibility index (Phi) is 13.6. The molecule has 0 amide bonds. The van der Waals surface area contributed by atoms with Crippen molar-refractivity contribution in [1.29, 1.82) is 0 Å². The quantitative estimate of drug-likeness (QED) is 0.0508. The second-order valence-corrected chi connectivity index (χ2v) is 14.7. The average molecular weight is 676 g/mol. The maximum absolute atomic E-state index is 12.4. The van der Waals surface area contributed by atoms with E-state index in [1.807, 2.05) is 18.2 Å². The Labute approximate surface area is 291 Å². The number of aryl methyl sites for hydroxylation is 1. The van der Waals surface area contributed by atoms with Crippen LogP contribution in [0.5, 0.6) is 0 Å². The minimum atomic E-state index is -0.508. The number of rotatable bonds is 16. The molecule has 0 aliphatic heterocycles. The summed E-state index contributed by atoms with van der Waals surface area (Å²) in [5, 5.41) is 10.4. The lowest BCUT2D eigenvalue weighted by Crippen LogP contribution is -2.22. The maximum Gasteiger partial charge on any atom is 0.337 e. The van der Waals surface area contributed by atoms with E-state index in [-0.39, 0.29) is 24.5 Å². The molecule has 1 aromatic heterocycles. The number of anilines is 2. The fourth-order valence-electron chi connectivity index (χ4n) is 6.51. The van der Waals surface area contributed by atoms with Crippen molar-refractivity contribution >= 4 is 56.5 Å². The molecule has 1 saturated carbocycles. The number of nitrogens with two attached hydrogens (primary N) is 2. The van der Waals surface area contributed by atoms with Crippen LogP contribution in [0, 0.1) is 17.8 Å². The third-order valence-electron chi connectivity index (χ3n) is 9.05. The van der Waals surface area contributed by atoms with E-state index in [0.717, 1.165) is 78.9 Å². The van der Waals surface area contributed by atoms with Gasteiger partial charge in [0.15, 0.2) is 0 Å². The number of nitrogen functional groups attached to an aromatic ring is 2. The van der Waals surface area contributed by atoms with Crippen molar-refractivity contribution in [2.45, 2.75) is 125 Å². The van der Waals surface area contributed by atoms with Crippen LogP contribution in [0.25, 0.3) is 21.8 Å². The molecular formula is C39H57N5O5. The molecule has 10 heteroatoms. The third kappa shape index (κ3) is 10.3. The van der Waals surface area contributed by atoms with E-state index in [0.29, 0.717) is 40.7 Å². The molecule has 0 radical (unpaired) electrons. The molecule has 0 atom stereocenters. The summed E-state index contributed by atoms with van der Waals surface area (Å²) in [6.07, 6.45) is 10.7. The Morgan fingerprint density at radius 2 is 1.39 bits per heavy atom. The summed E-state index contributed by atoms with van der Waals surface area (Å²) in [6, 6.07) is 7.91. The molecule has 0 unspecified atom stereocenters. The van der Waals surface area contributed by atoms with Crippen LogP contribution in [-0.4, -0.2) is 40.6 Å². The number of ether oxygens (including phenoxy) is 1. The van der Waals surface area contributed by atoms with Gasteiger partial charge in [0, 0.05) is 35.4 Å². The highest BCUT2D eigenvalue weighted by molar-refractivity contribution is 6.19. The number of fused-ring (bicyclic) bond motifs is 3. The molecule has 1 fully saturated rings. The summed E-state index contributed by atoms with van der Waals surface area (Å²) in [7, 11) is 0. The molecule has 0 saturated heterocycles. The first-order valence-electron chi connectivity index (χ1n) is 18.1. The standard InChI is InChI=1S/C39H57N5O5/c1-24(2)14-10-9-13-17-44-37-31(19-28(21-33(37)40)35(18-25(3)4)42-49-39(46)26(5)6)32-20-29(22-34(41)38(32)44)36(43-48-27(7)45)23-47-30-15-11-8-12-16-30/h19-22,24-26,30H,8-18,23,40-41H2,1-7H3/b42-35+,43-36+. The second kappa shape index (κ2) is 17.7. The minimum absolute atomic E-state index is 0.140. The van der Waals surface area contributed by atoms with E-state index in [9.17, 15) is 9.59 Å². The van der Waals surface area contributed by atoms with Gasteiger partial charge in [-0.2, -0.15) is 0 Å². The summed E-state index contributed by atoms with van der Waals surface area (Å²) in [5.74, 6) is -0.279. The first-order chi connectivity index (χ1) is 23.3. The highest BCUT2D eigenvalue weighted by Gasteiger charge is 2.22. The summed E-state index contributed by atoms with van der Waals surface area (Å²) < 4.78 is 8.53. The Balaban J connectivity index is 1.87. The van der Waals surface area contributed by atoms with Crippen molar-refractivity contribution in [3.63, 3.8) is 0 Å². The van der Waals surface area contributed by atoms with Gasteiger partial charge in [-0.15, -0.1) is 0 Å². The molecule has 10 nitrogen and oxygen atoms in total. The SMILES string of the molecule is CC(=O)O/N=C(\COC1CCCCC1)c1cc(N)c2c(c1)c1cc(/C(CC(C)C)=N/OC(=O)C(C)C)cc(N)c1n2CCCCCC(C)C. The summed E-state index contributed by atoms with van der Waals surface area (Å²) in [6.45, 7) is 14.5. The number of carbonyl (C=O) groups is 2. The Morgan fingerprint density at radius 1 is 0.796 bits per heavy atom. The molecule has 49 heavy (non-hydrogen) atoms. The molecule has 1 aliphatic carbocycles. The van der Waals surface area contributed by atoms with Crippen LogP contribution >= 0.6 is 0 Å². The number of benzene rings is 2. The lowest BCUT2D eigenvalue weighted by Gasteiger charge is -2.22. The van der Waals surface area contributed by atoms with Crippen molar-refractivity contribution in [2.24, 2.45) is 28.1 Å². The van der Waals surface area contributed by atoms with Crippen molar-refractivity contribution in [2.75, 3.05) is 18.1 Å². The van der Waals surface area contributed by atoms with E-state index in [2.05, 4.69) is 48.6 Å². The Morgan fingerprint density at radius 3 is 1.94 bits per heavy atom. The molecule has 1 aliphatic rings. The van der Waals surface area contributed by atoms with Crippen LogP contribution < -0.4 is 11.5 Å². The molecule has 268 valence electrons. The van der Waals surface area contributed by atoms with Crippen molar-refractivity contribution < 1.29 is 24.0 Å². The smallest absolute Gasteiger partial charge is 0.337 e. The van der Waals surface area contributed by atoms with Crippen LogP contribution in [0.2, 0.25) is 0 Å². The number of aromatic nitrogens is 1. The van der Waals surface area contributed by atoms with Gasteiger partial charge in [-0.05, 0) is 61.8 Å². The number of unbranched alkanes of at least 4 members (excludes halogenated alkanes) is 2. The lowest BCUT2D eigenvalue weighted by atomic mass is 9.97. The molecular weight excluding hydrogens is 618 g/mol. The zero-order chi connectivity index (χ0) is 35.7. The highest BCUT2D eigenvalue weighted by Crippen LogP contribution is 2.38. The third-order valence-corrected chi connectivity index (χ3v) is 9.05. The average Bonchev–Trinajstić information content (AvgIpc) is 3.36. The van der Waals surface area contributed by atoms with E-state index in [4.69, 9.17) is 25.9 Å². The van der Waals surface area contributed by atoms with Gasteiger partial charge in [0.25, 0.3) is 0 Å². The van der Waals surface area contributed by atoms with Crippen LogP contribution in [0.15, 0.2) is 34.6 Å². The fourth-order valence-corrected chi connectivity index (χ4v) is 6.51. The lowest BCUT2D eigenvalue weighted by molar-refractivity contribution is -0.147. The summed E-state index contributed by atoms with van der Waals surface area (Å²) in [4.78, 5) is 34.7. The molecule has 0 spiro atoms. The molecule has 0 bridgehead atoms. The fraction of sp³-hybridized carbons (Fsp3) is 0.590. The van der Waals surface area contributed by atoms with Gasteiger partial charge in [0.1, 0.15) is 5.71 Å². The molecule has 1 heterocycles. The second-order valence-electron chi connectivity index (χ2n) is 14.7. The summed E-state index contributed by atoms with van der Waals surface area (Å²) in [5.41, 5.74) is 19.4.